The lowest BCUT2D eigenvalue weighted by atomic mass is 10.3. The van der Waals surface area contributed by atoms with E-state index in [1.54, 1.807) is 18.2 Å². The van der Waals surface area contributed by atoms with E-state index in [4.69, 9.17) is 4.74 Å². The number of methoxy groups -OCH3 is 1. The van der Waals surface area contributed by atoms with Gasteiger partial charge in [0.05, 0.1) is 12.6 Å². The summed E-state index contributed by atoms with van der Waals surface area (Å²) in [6, 6.07) is 0. The standard InChI is InChI=1S/C6H8N2O3/c1-10-4-2-5-6(9)11-7-8(5)3-4/h2,4,7H,3H2,1H3/t4-/m1/s1. The minimum absolute atomic E-state index is 0.00894. The second kappa shape index (κ2) is 2.21. The molecule has 11 heavy (non-hydrogen) atoms. The molecule has 5 heteroatoms. The van der Waals surface area contributed by atoms with Crippen LogP contribution >= 0.6 is 0 Å². The molecule has 0 aromatic rings. The van der Waals surface area contributed by atoms with Gasteiger partial charge in [-0.05, 0) is 6.08 Å². The molecule has 60 valence electrons. The average molecular weight is 156 g/mol. The van der Waals surface area contributed by atoms with Crippen molar-refractivity contribution in [2.75, 3.05) is 13.7 Å². The van der Waals surface area contributed by atoms with Gasteiger partial charge in [0, 0.05) is 7.11 Å². The molecule has 1 saturated heterocycles. The zero-order chi connectivity index (χ0) is 7.84. The van der Waals surface area contributed by atoms with Gasteiger partial charge in [0.15, 0.2) is 0 Å². The zero-order valence-corrected chi connectivity index (χ0v) is 6.03. The van der Waals surface area contributed by atoms with Gasteiger partial charge in [0.1, 0.15) is 5.70 Å². The van der Waals surface area contributed by atoms with Crippen molar-refractivity contribution in [1.82, 2.24) is 10.6 Å². The molecule has 0 spiro atoms. The third kappa shape index (κ3) is 0.892. The number of hydrogen-bond acceptors (Lipinski definition) is 5. The Morgan fingerprint density at radius 1 is 1.91 bits per heavy atom. The van der Waals surface area contributed by atoms with Gasteiger partial charge in [-0.15, -0.1) is 0 Å². The van der Waals surface area contributed by atoms with Crippen LogP contribution in [0, 0.1) is 0 Å². The molecule has 0 aromatic carbocycles. The monoisotopic (exact) mass is 156 g/mol. The molecule has 5 nitrogen and oxygen atoms in total. The summed E-state index contributed by atoms with van der Waals surface area (Å²) >= 11 is 0. The number of hydrazine groups is 1. The van der Waals surface area contributed by atoms with Crippen molar-refractivity contribution in [3.8, 4) is 0 Å². The van der Waals surface area contributed by atoms with Gasteiger partial charge in [0.25, 0.3) is 0 Å². The van der Waals surface area contributed by atoms with Crippen molar-refractivity contribution in [3.05, 3.63) is 11.8 Å². The summed E-state index contributed by atoms with van der Waals surface area (Å²) in [4.78, 5) is 15.4. The normalized spacial score (nSPS) is 28.5. The van der Waals surface area contributed by atoms with Crippen molar-refractivity contribution in [3.63, 3.8) is 0 Å². The van der Waals surface area contributed by atoms with Crippen LogP contribution < -0.4 is 5.59 Å². The number of nitrogens with one attached hydrogen (secondary N) is 1. The summed E-state index contributed by atoms with van der Waals surface area (Å²) < 4.78 is 5.03. The van der Waals surface area contributed by atoms with Crippen molar-refractivity contribution < 1.29 is 14.4 Å². The van der Waals surface area contributed by atoms with E-state index in [9.17, 15) is 4.79 Å². The number of nitrogens with zero attached hydrogens (tertiary/aromatic N) is 1. The predicted octanol–water partition coefficient (Wildman–Crippen LogP) is -0.823. The maximum Gasteiger partial charge on any atom is 0.376 e. The van der Waals surface area contributed by atoms with Crippen LogP contribution in [0.15, 0.2) is 11.8 Å². The molecule has 1 fully saturated rings. The predicted molar refractivity (Wildman–Crippen MR) is 34.8 cm³/mol. The van der Waals surface area contributed by atoms with E-state index in [0.717, 1.165) is 0 Å². The van der Waals surface area contributed by atoms with Crippen LogP contribution in [0.4, 0.5) is 0 Å². The molecule has 0 bridgehead atoms. The Morgan fingerprint density at radius 3 is 3.36 bits per heavy atom. The molecule has 0 amide bonds. The Bertz CT molecular complexity index is 226. The van der Waals surface area contributed by atoms with Gasteiger partial charge in [-0.2, -0.15) is 0 Å². The molecular weight excluding hydrogens is 148 g/mol. The number of fused-ring (bicyclic) bond motifs is 1. The third-order valence-electron chi connectivity index (χ3n) is 1.76. The second-order valence-electron chi connectivity index (χ2n) is 2.42. The molecule has 2 aliphatic rings. The lowest BCUT2D eigenvalue weighted by molar-refractivity contribution is -0.143. The number of carbonyl (C=O) groups excluding carboxylic acids is 1. The number of carbonyl (C=O) groups is 1. The number of ether oxygens (including phenoxy) is 1. The molecule has 0 aliphatic carbocycles. The van der Waals surface area contributed by atoms with Crippen LogP contribution in [0.25, 0.3) is 0 Å². The molecule has 1 N–H and O–H groups in total. The number of hydrogen-bond donors (Lipinski definition) is 1. The quantitative estimate of drug-likeness (QED) is 0.537. The SMILES string of the molecule is CO[C@@H]1C=C2C(=O)ONN2C1. The Balaban J connectivity index is 2.19. The van der Waals surface area contributed by atoms with Gasteiger partial charge in [-0.3, -0.25) is 5.01 Å². The Labute approximate surface area is 63.5 Å². The highest BCUT2D eigenvalue weighted by atomic mass is 16.7. The van der Waals surface area contributed by atoms with Crippen LogP contribution in [-0.2, 0) is 14.4 Å². The fraction of sp³-hybridized carbons (Fsp3) is 0.500. The fourth-order valence-electron chi connectivity index (χ4n) is 1.15. The van der Waals surface area contributed by atoms with Crippen LogP contribution in [0.2, 0.25) is 0 Å². The first kappa shape index (κ1) is 6.63. The third-order valence-corrected chi connectivity index (χ3v) is 1.76. The largest absolute Gasteiger partial charge is 0.376 e. The summed E-state index contributed by atoms with van der Waals surface area (Å²) in [5.41, 5.74) is 3.01. The van der Waals surface area contributed by atoms with E-state index in [1.165, 1.54) is 0 Å². The highest BCUT2D eigenvalue weighted by Crippen LogP contribution is 2.19. The first-order chi connectivity index (χ1) is 5.31. The molecule has 0 aromatic heterocycles. The molecule has 2 aliphatic heterocycles. The topological polar surface area (TPSA) is 50.8 Å². The molecule has 0 unspecified atom stereocenters. The molecule has 2 rings (SSSR count). The molecule has 1 atom stereocenters. The van der Waals surface area contributed by atoms with E-state index in [0.29, 0.717) is 12.2 Å². The van der Waals surface area contributed by atoms with Gasteiger partial charge in [-0.1, -0.05) is 5.59 Å². The zero-order valence-electron chi connectivity index (χ0n) is 6.03. The first-order valence-corrected chi connectivity index (χ1v) is 3.30. The van der Waals surface area contributed by atoms with E-state index >= 15 is 0 Å². The summed E-state index contributed by atoms with van der Waals surface area (Å²) in [5.74, 6) is -0.343. The van der Waals surface area contributed by atoms with Crippen LogP contribution in [0.5, 0.6) is 0 Å². The molecular formula is C6H8N2O3. The van der Waals surface area contributed by atoms with Gasteiger partial charge in [0.2, 0.25) is 0 Å². The minimum Gasteiger partial charge on any atom is -0.375 e. The van der Waals surface area contributed by atoms with Crippen molar-refractivity contribution in [2.45, 2.75) is 6.10 Å². The highest BCUT2D eigenvalue weighted by molar-refractivity contribution is 5.89. The smallest absolute Gasteiger partial charge is 0.375 e. The minimum atomic E-state index is -0.343. The van der Waals surface area contributed by atoms with Crippen LogP contribution in [-0.4, -0.2) is 30.7 Å². The van der Waals surface area contributed by atoms with E-state index < -0.39 is 0 Å². The molecule has 0 radical (unpaired) electrons. The number of rotatable bonds is 1. The first-order valence-electron chi connectivity index (χ1n) is 3.30. The van der Waals surface area contributed by atoms with E-state index in [-0.39, 0.29) is 12.1 Å². The average Bonchev–Trinajstić information content (AvgIpc) is 2.53. The maximum absolute atomic E-state index is 10.9. The summed E-state index contributed by atoms with van der Waals surface area (Å²) in [7, 11) is 1.61. The summed E-state index contributed by atoms with van der Waals surface area (Å²) in [5, 5.41) is 1.62. The maximum atomic E-state index is 10.9. The van der Waals surface area contributed by atoms with Gasteiger partial charge in [-0.25, -0.2) is 4.79 Å². The Hall–Kier alpha value is -1.07. The molecule has 0 saturated carbocycles. The lowest BCUT2D eigenvalue weighted by Gasteiger charge is -2.10. The summed E-state index contributed by atoms with van der Waals surface area (Å²) in [6.45, 7) is 0.623. The van der Waals surface area contributed by atoms with Crippen molar-refractivity contribution >= 4 is 5.97 Å². The van der Waals surface area contributed by atoms with Gasteiger partial charge < -0.3 is 9.57 Å². The van der Waals surface area contributed by atoms with Gasteiger partial charge >= 0.3 is 5.97 Å². The Kier molecular flexibility index (Phi) is 1.33. The van der Waals surface area contributed by atoms with E-state index in [1.807, 2.05) is 0 Å². The molecule has 2 heterocycles. The Morgan fingerprint density at radius 2 is 2.73 bits per heavy atom. The lowest BCUT2D eigenvalue weighted by Crippen LogP contribution is -2.30. The summed E-state index contributed by atoms with van der Waals surface area (Å²) in [6.07, 6.45) is 1.73. The fourth-order valence-corrected chi connectivity index (χ4v) is 1.15. The van der Waals surface area contributed by atoms with Crippen LogP contribution in [0.3, 0.4) is 0 Å². The highest BCUT2D eigenvalue weighted by Gasteiger charge is 2.34. The van der Waals surface area contributed by atoms with Crippen LogP contribution in [0.1, 0.15) is 0 Å². The second-order valence-corrected chi connectivity index (χ2v) is 2.42. The van der Waals surface area contributed by atoms with E-state index in [2.05, 4.69) is 10.4 Å². The van der Waals surface area contributed by atoms with Crippen molar-refractivity contribution in [2.24, 2.45) is 0 Å². The van der Waals surface area contributed by atoms with Crippen molar-refractivity contribution in [1.29, 1.82) is 0 Å².